The Kier molecular flexibility index (Phi) is 5.96. The first-order valence-corrected chi connectivity index (χ1v) is 9.43. The quantitative estimate of drug-likeness (QED) is 0.823. The average Bonchev–Trinajstić information content (AvgIpc) is 3.25. The highest BCUT2D eigenvalue weighted by Gasteiger charge is 2.28. The maximum absolute atomic E-state index is 12.3. The topological polar surface area (TPSA) is 66.4 Å². The predicted molar refractivity (Wildman–Crippen MR) is 107 cm³/mol. The fraction of sp³-hybridized carbons (Fsp3) is 0.429. The first kappa shape index (κ1) is 19.2. The number of anilines is 1. The van der Waals surface area contributed by atoms with E-state index in [-0.39, 0.29) is 24.4 Å². The Morgan fingerprint density at radius 2 is 1.96 bits per heavy atom. The van der Waals surface area contributed by atoms with E-state index >= 15 is 0 Å². The minimum Gasteiger partial charge on any atom is -0.353 e. The number of aryl methyl sites for hydroxylation is 2. The summed E-state index contributed by atoms with van der Waals surface area (Å²) in [6.07, 6.45) is 4.16. The standard InChI is InChI=1S/C21H28N4O2/c1-15-7-4-8-17(16(15)2)23-20(26)13-22-21(27)14-25-12-6-10-19(25)18-9-5-11-24(18)3/h4-5,7-9,11,19H,6,10,12-14H2,1-3H3,(H,22,27)(H,23,26)/t19-/m1/s1. The van der Waals surface area contributed by atoms with E-state index < -0.39 is 0 Å². The third-order valence-corrected chi connectivity index (χ3v) is 5.36. The van der Waals surface area contributed by atoms with Crippen LogP contribution in [-0.2, 0) is 16.6 Å². The third kappa shape index (κ3) is 4.57. The normalized spacial score (nSPS) is 17.1. The lowest BCUT2D eigenvalue weighted by molar-refractivity contribution is -0.125. The van der Waals surface area contributed by atoms with Gasteiger partial charge in [-0.15, -0.1) is 0 Å². The highest BCUT2D eigenvalue weighted by Crippen LogP contribution is 2.31. The van der Waals surface area contributed by atoms with Gasteiger partial charge in [-0.05, 0) is 62.6 Å². The molecule has 2 aromatic rings. The van der Waals surface area contributed by atoms with E-state index in [2.05, 4.69) is 26.2 Å². The third-order valence-electron chi connectivity index (χ3n) is 5.36. The predicted octanol–water partition coefficient (Wildman–Crippen LogP) is 2.53. The molecule has 0 bridgehead atoms. The zero-order chi connectivity index (χ0) is 19.4. The van der Waals surface area contributed by atoms with Gasteiger partial charge in [-0.3, -0.25) is 14.5 Å². The first-order chi connectivity index (χ1) is 13.0. The number of aromatic nitrogens is 1. The van der Waals surface area contributed by atoms with Crippen LogP contribution in [0.15, 0.2) is 36.5 Å². The molecule has 1 fully saturated rings. The van der Waals surface area contributed by atoms with Gasteiger partial charge in [-0.1, -0.05) is 12.1 Å². The Balaban J connectivity index is 1.50. The second-order valence-corrected chi connectivity index (χ2v) is 7.24. The van der Waals surface area contributed by atoms with E-state index in [1.54, 1.807) is 0 Å². The van der Waals surface area contributed by atoms with Gasteiger partial charge >= 0.3 is 0 Å². The lowest BCUT2D eigenvalue weighted by Crippen LogP contribution is -2.40. The van der Waals surface area contributed by atoms with E-state index in [1.807, 2.05) is 51.4 Å². The lowest BCUT2D eigenvalue weighted by Gasteiger charge is -2.24. The zero-order valence-electron chi connectivity index (χ0n) is 16.3. The summed E-state index contributed by atoms with van der Waals surface area (Å²) in [5.41, 5.74) is 4.18. The number of rotatable bonds is 6. The van der Waals surface area contributed by atoms with E-state index in [0.717, 1.165) is 36.2 Å². The van der Waals surface area contributed by atoms with Gasteiger partial charge in [0.25, 0.3) is 0 Å². The van der Waals surface area contributed by atoms with Crippen molar-refractivity contribution < 1.29 is 9.59 Å². The summed E-state index contributed by atoms with van der Waals surface area (Å²) in [7, 11) is 2.03. The Labute approximate surface area is 160 Å². The van der Waals surface area contributed by atoms with Gasteiger partial charge < -0.3 is 15.2 Å². The van der Waals surface area contributed by atoms with Crippen molar-refractivity contribution in [3.8, 4) is 0 Å². The van der Waals surface area contributed by atoms with Gasteiger partial charge in [0.05, 0.1) is 19.1 Å². The molecule has 1 atom stereocenters. The summed E-state index contributed by atoms with van der Waals surface area (Å²) in [5.74, 6) is -0.329. The summed E-state index contributed by atoms with van der Waals surface area (Å²) in [4.78, 5) is 26.7. The molecule has 1 aliphatic rings. The SMILES string of the molecule is Cc1cccc(NC(=O)CNC(=O)CN2CCC[C@@H]2c2cccn2C)c1C. The molecule has 0 saturated carbocycles. The van der Waals surface area contributed by atoms with Gasteiger partial charge in [0, 0.05) is 24.6 Å². The smallest absolute Gasteiger partial charge is 0.243 e. The number of likely N-dealkylation sites (tertiary alicyclic amines) is 1. The van der Waals surface area contributed by atoms with Crippen molar-refractivity contribution in [1.29, 1.82) is 0 Å². The van der Waals surface area contributed by atoms with E-state index in [0.29, 0.717) is 6.54 Å². The molecule has 2 amide bonds. The van der Waals surface area contributed by atoms with Crippen LogP contribution in [0.25, 0.3) is 0 Å². The maximum Gasteiger partial charge on any atom is 0.243 e. The molecule has 2 N–H and O–H groups in total. The second kappa shape index (κ2) is 8.39. The van der Waals surface area contributed by atoms with Crippen LogP contribution in [0.1, 0.15) is 35.7 Å². The van der Waals surface area contributed by atoms with Crippen molar-refractivity contribution in [2.24, 2.45) is 7.05 Å². The largest absolute Gasteiger partial charge is 0.353 e. The van der Waals surface area contributed by atoms with Crippen molar-refractivity contribution in [3.63, 3.8) is 0 Å². The fourth-order valence-corrected chi connectivity index (χ4v) is 3.67. The van der Waals surface area contributed by atoms with Crippen LogP contribution in [0.2, 0.25) is 0 Å². The molecule has 1 aromatic carbocycles. The highest BCUT2D eigenvalue weighted by molar-refractivity contribution is 5.95. The van der Waals surface area contributed by atoms with Crippen molar-refractivity contribution in [3.05, 3.63) is 53.3 Å². The zero-order valence-corrected chi connectivity index (χ0v) is 16.3. The highest BCUT2D eigenvalue weighted by atomic mass is 16.2. The maximum atomic E-state index is 12.3. The van der Waals surface area contributed by atoms with Crippen LogP contribution >= 0.6 is 0 Å². The molecule has 27 heavy (non-hydrogen) atoms. The molecule has 1 aromatic heterocycles. The van der Waals surface area contributed by atoms with Crippen LogP contribution in [0.3, 0.4) is 0 Å². The van der Waals surface area contributed by atoms with E-state index in [4.69, 9.17) is 0 Å². The molecule has 0 spiro atoms. The summed E-state index contributed by atoms with van der Waals surface area (Å²) in [6.45, 7) is 5.17. The number of carbonyl (C=O) groups excluding carboxylic acids is 2. The van der Waals surface area contributed by atoms with E-state index in [1.165, 1.54) is 5.69 Å². The molecule has 1 saturated heterocycles. The average molecular weight is 368 g/mol. The Bertz CT molecular complexity index is 827. The summed E-state index contributed by atoms with van der Waals surface area (Å²) < 4.78 is 2.11. The molecule has 2 heterocycles. The first-order valence-electron chi connectivity index (χ1n) is 9.43. The van der Waals surface area contributed by atoms with Crippen LogP contribution in [0, 0.1) is 13.8 Å². The molecule has 6 nitrogen and oxygen atoms in total. The summed E-state index contributed by atoms with van der Waals surface area (Å²) >= 11 is 0. The van der Waals surface area contributed by atoms with Crippen LogP contribution in [-0.4, -0.2) is 40.9 Å². The number of hydrogen-bond acceptors (Lipinski definition) is 3. The van der Waals surface area contributed by atoms with Crippen molar-refractivity contribution in [2.75, 3.05) is 25.0 Å². The molecule has 1 aliphatic heterocycles. The van der Waals surface area contributed by atoms with Gasteiger partial charge in [-0.25, -0.2) is 0 Å². The molecule has 0 aliphatic carbocycles. The molecule has 0 unspecified atom stereocenters. The van der Waals surface area contributed by atoms with Crippen LogP contribution in [0.4, 0.5) is 5.69 Å². The van der Waals surface area contributed by atoms with Gasteiger partial charge in [0.15, 0.2) is 0 Å². The lowest BCUT2D eigenvalue weighted by atomic mass is 10.1. The monoisotopic (exact) mass is 368 g/mol. The molecule has 144 valence electrons. The van der Waals surface area contributed by atoms with Crippen LogP contribution < -0.4 is 10.6 Å². The minimum absolute atomic E-state index is 0.0190. The number of hydrogen-bond donors (Lipinski definition) is 2. The number of nitrogens with one attached hydrogen (secondary N) is 2. The number of nitrogens with zero attached hydrogens (tertiary/aromatic N) is 2. The molecular formula is C21H28N4O2. The second-order valence-electron chi connectivity index (χ2n) is 7.24. The fourth-order valence-electron chi connectivity index (χ4n) is 3.67. The summed E-state index contributed by atoms with van der Waals surface area (Å²) in [6, 6.07) is 10.2. The van der Waals surface area contributed by atoms with Crippen molar-refractivity contribution >= 4 is 17.5 Å². The Hall–Kier alpha value is -2.60. The van der Waals surface area contributed by atoms with Crippen molar-refractivity contribution in [2.45, 2.75) is 32.7 Å². The number of amides is 2. The van der Waals surface area contributed by atoms with Gasteiger partial charge in [-0.2, -0.15) is 0 Å². The van der Waals surface area contributed by atoms with Gasteiger partial charge in [0.2, 0.25) is 11.8 Å². The van der Waals surface area contributed by atoms with Gasteiger partial charge in [0.1, 0.15) is 0 Å². The number of benzene rings is 1. The minimum atomic E-state index is -0.211. The number of carbonyl (C=O) groups is 2. The molecular weight excluding hydrogens is 340 g/mol. The van der Waals surface area contributed by atoms with Crippen LogP contribution in [0.5, 0.6) is 0 Å². The Morgan fingerprint density at radius 1 is 1.15 bits per heavy atom. The van der Waals surface area contributed by atoms with Crippen molar-refractivity contribution in [1.82, 2.24) is 14.8 Å². The molecule has 6 heteroatoms. The summed E-state index contributed by atoms with van der Waals surface area (Å²) in [5, 5.41) is 5.61. The Morgan fingerprint density at radius 3 is 2.70 bits per heavy atom. The van der Waals surface area contributed by atoms with E-state index in [9.17, 15) is 9.59 Å². The molecule has 3 rings (SSSR count). The molecule has 0 radical (unpaired) electrons.